The van der Waals surface area contributed by atoms with Gasteiger partial charge in [-0.05, 0) is 140 Å². The van der Waals surface area contributed by atoms with Gasteiger partial charge in [-0.25, -0.2) is 0 Å². The van der Waals surface area contributed by atoms with Gasteiger partial charge in [0.05, 0.1) is 0 Å². The molecular weight excluding hydrogens is 1030 g/mol. The Bertz CT molecular complexity index is 2760. The third kappa shape index (κ3) is 14.4. The van der Waals surface area contributed by atoms with E-state index in [-0.39, 0.29) is 21.2 Å². The Hall–Kier alpha value is -4.52. The number of rotatable bonds is 16. The molecule has 7 heteroatoms. The van der Waals surface area contributed by atoms with E-state index in [2.05, 4.69) is 241 Å². The first-order valence-corrected chi connectivity index (χ1v) is 32.1. The van der Waals surface area contributed by atoms with Gasteiger partial charge in [-0.15, -0.1) is 0 Å². The minimum absolute atomic E-state index is 0.139. The predicted octanol–water partition coefficient (Wildman–Crippen LogP) is 15.4. The molecule has 9 aromatic rings. The van der Waals surface area contributed by atoms with Crippen molar-refractivity contribution in [3.05, 3.63) is 228 Å². The molecule has 71 heavy (non-hydrogen) atoms. The van der Waals surface area contributed by atoms with E-state index in [4.69, 9.17) is 25.1 Å². The van der Waals surface area contributed by atoms with Gasteiger partial charge in [0, 0.05) is 12.6 Å². The molecule has 0 aliphatic carbocycles. The maximum absolute atomic E-state index is 6.30. The van der Waals surface area contributed by atoms with Crippen LogP contribution in [0.5, 0.6) is 0 Å². The van der Waals surface area contributed by atoms with E-state index in [1.807, 2.05) is 6.07 Å². The number of nitrogens with two attached hydrogens (primary N) is 1. The van der Waals surface area contributed by atoms with E-state index in [9.17, 15) is 0 Å². The molecule has 1 atom stereocenters. The van der Waals surface area contributed by atoms with Gasteiger partial charge in [-0.2, -0.15) is 0 Å². The topological polar surface area (TPSA) is 29.3 Å². The first kappa shape index (κ1) is 54.3. The van der Waals surface area contributed by atoms with Crippen LogP contribution in [-0.4, -0.2) is 24.5 Å². The van der Waals surface area contributed by atoms with Gasteiger partial charge in [-0.3, -0.25) is 0 Å². The van der Waals surface area contributed by atoms with E-state index in [1.165, 1.54) is 131 Å². The molecule has 0 radical (unpaired) electrons. The summed E-state index contributed by atoms with van der Waals surface area (Å²) in [6.07, 6.45) is 5.04. The third-order valence-corrected chi connectivity index (χ3v) is 18.0. The normalized spacial score (nSPS) is 11.7. The number of hydrogen-bond donors (Lipinski definition) is 1. The number of fused-ring (bicyclic) bond motifs is 2. The van der Waals surface area contributed by atoms with Crippen LogP contribution in [0.1, 0.15) is 73.4 Å². The minimum atomic E-state index is -0.885. The SMILES string of the molecule is CCCCN(CCCC)C[C@H](N)c1ccccc1.Cc1ccc(P(c2ccc(C)cc2)c2ccc3ccccc3c2-c2c(P(c3ccc(C)cc3)c3ccc(C)cc3)ccc3ccccc23)cc1.[Cl][Ru][Cl]. The summed E-state index contributed by atoms with van der Waals surface area (Å²) in [5.41, 5.74) is 15.4. The van der Waals surface area contributed by atoms with Crippen molar-refractivity contribution in [3.8, 4) is 11.1 Å². The Kier molecular flexibility index (Phi) is 21.0. The summed E-state index contributed by atoms with van der Waals surface area (Å²) < 4.78 is 0. The molecule has 0 amide bonds. The van der Waals surface area contributed by atoms with Crippen molar-refractivity contribution >= 4 is 88.6 Å². The molecule has 0 saturated heterocycles. The summed E-state index contributed by atoms with van der Waals surface area (Å²) in [6, 6.07) is 75.2. The van der Waals surface area contributed by atoms with Crippen LogP contribution in [0.2, 0.25) is 0 Å². The van der Waals surface area contributed by atoms with Crippen molar-refractivity contribution in [3.63, 3.8) is 0 Å². The summed E-state index contributed by atoms with van der Waals surface area (Å²) in [4.78, 5) is 2.52. The number of halogens is 2. The molecule has 9 rings (SSSR count). The van der Waals surface area contributed by atoms with E-state index < -0.39 is 15.8 Å². The molecule has 0 spiro atoms. The summed E-state index contributed by atoms with van der Waals surface area (Å²) >= 11 is -0.346. The Morgan fingerprint density at radius 2 is 0.761 bits per heavy atom. The quantitative estimate of drug-likeness (QED) is 0.0772. The fraction of sp³-hybridized carbons (Fsp3) is 0.219. The van der Waals surface area contributed by atoms with Crippen LogP contribution < -0.4 is 37.6 Å². The standard InChI is InChI=1S/C48H40P2.C16H28N2.2ClH.Ru/c1-33-13-23-39(24-14-33)49(40-25-15-34(2)16-26-40)45-31-21-37-9-5-7-11-43(37)47(45)48-44-12-8-6-10-38(44)22-32-46(48)50(41-27-17-35(3)18-28-41)42-29-19-36(4)20-30-42;1-3-5-12-18(13-6-4-2)14-16(17)15-10-8-7-9-11-15;;;/h5-32H,1-4H3;7-11,16H,3-6,12-14,17H2,1-2H3;2*1H;/q;;;;+2/p-2/t;16-;;;/m.0.../s1. The molecule has 0 unspecified atom stereocenters. The first-order chi connectivity index (χ1) is 34.6. The number of aryl methyl sites for hydroxylation is 4. The molecule has 0 fully saturated rings. The zero-order valence-electron chi connectivity index (χ0n) is 42.1. The molecule has 0 bridgehead atoms. The Balaban J connectivity index is 0.000000297. The molecule has 0 heterocycles. The van der Waals surface area contributed by atoms with Gasteiger partial charge in [0.25, 0.3) is 0 Å². The van der Waals surface area contributed by atoms with Gasteiger partial charge in [0.2, 0.25) is 0 Å². The summed E-state index contributed by atoms with van der Waals surface area (Å²) in [5.74, 6) is 0. The van der Waals surface area contributed by atoms with Gasteiger partial charge >= 0.3 is 34.5 Å². The molecule has 9 aromatic carbocycles. The average molecular weight is 1100 g/mol. The Morgan fingerprint density at radius 1 is 0.437 bits per heavy atom. The molecule has 366 valence electrons. The number of nitrogens with zero attached hydrogens (tertiary/aromatic N) is 1. The fourth-order valence-electron chi connectivity index (χ4n) is 9.19. The zero-order valence-corrected chi connectivity index (χ0v) is 47.1. The second-order valence-electron chi connectivity index (χ2n) is 18.5. The van der Waals surface area contributed by atoms with Gasteiger partial charge in [-0.1, -0.05) is 249 Å². The maximum atomic E-state index is 6.30. The van der Waals surface area contributed by atoms with Gasteiger partial charge in [0.15, 0.2) is 0 Å². The molecule has 0 aromatic heterocycles. The van der Waals surface area contributed by atoms with Crippen molar-refractivity contribution in [1.29, 1.82) is 0 Å². The van der Waals surface area contributed by atoms with Crippen LogP contribution in [0.25, 0.3) is 32.7 Å². The van der Waals surface area contributed by atoms with Crippen LogP contribution in [0.15, 0.2) is 200 Å². The molecule has 0 saturated carbocycles. The average Bonchev–Trinajstić information content (AvgIpc) is 3.40. The Morgan fingerprint density at radius 3 is 1.10 bits per heavy atom. The van der Waals surface area contributed by atoms with E-state index in [0.29, 0.717) is 0 Å². The van der Waals surface area contributed by atoms with Gasteiger partial charge in [0.1, 0.15) is 0 Å². The van der Waals surface area contributed by atoms with Crippen LogP contribution in [-0.2, 0) is 15.1 Å². The summed E-state index contributed by atoms with van der Waals surface area (Å²) in [7, 11) is 7.94. The second-order valence-corrected chi connectivity index (χ2v) is 25.5. The molecule has 0 aliphatic rings. The van der Waals surface area contributed by atoms with Crippen LogP contribution in [0.4, 0.5) is 0 Å². The number of benzene rings is 9. The number of unbranched alkanes of at least 4 members (excludes halogenated alkanes) is 2. The van der Waals surface area contributed by atoms with Crippen molar-refractivity contribution in [1.82, 2.24) is 4.90 Å². The van der Waals surface area contributed by atoms with Gasteiger partial charge < -0.3 is 10.6 Å². The van der Waals surface area contributed by atoms with Crippen LogP contribution in [0, 0.1) is 27.7 Å². The zero-order chi connectivity index (χ0) is 50.1. The molecule has 0 aliphatic heterocycles. The van der Waals surface area contributed by atoms with Crippen molar-refractivity contribution in [2.45, 2.75) is 73.3 Å². The van der Waals surface area contributed by atoms with Crippen LogP contribution >= 0.6 is 35.2 Å². The second kappa shape index (κ2) is 27.5. The number of hydrogen-bond acceptors (Lipinski definition) is 2. The molecular formula is C64H68Cl2N2P2Ru. The molecule has 2 nitrogen and oxygen atoms in total. The summed E-state index contributed by atoms with van der Waals surface area (Å²) in [6.45, 7) is 16.5. The fourth-order valence-corrected chi connectivity index (χ4v) is 14.0. The van der Waals surface area contributed by atoms with E-state index >= 15 is 0 Å². The van der Waals surface area contributed by atoms with Crippen molar-refractivity contribution in [2.24, 2.45) is 5.73 Å². The van der Waals surface area contributed by atoms with E-state index in [0.717, 1.165) is 6.54 Å². The predicted molar refractivity (Wildman–Crippen MR) is 315 cm³/mol. The summed E-state index contributed by atoms with van der Waals surface area (Å²) in [5, 5.41) is 13.4. The first-order valence-electron chi connectivity index (χ1n) is 24.9. The third-order valence-electron chi connectivity index (χ3n) is 13.1. The van der Waals surface area contributed by atoms with E-state index in [1.54, 1.807) is 0 Å². The van der Waals surface area contributed by atoms with Crippen molar-refractivity contribution < 1.29 is 15.1 Å². The monoisotopic (exact) mass is 1100 g/mol. The van der Waals surface area contributed by atoms with Crippen molar-refractivity contribution in [2.75, 3.05) is 19.6 Å². The molecule has 2 N–H and O–H groups in total. The van der Waals surface area contributed by atoms with Crippen LogP contribution in [0.3, 0.4) is 0 Å². The Labute approximate surface area is 443 Å².